The number of hydrogen-bond donors (Lipinski definition) is 1. The number of aryl methyl sites for hydroxylation is 2. The zero-order chi connectivity index (χ0) is 12.3. The molecule has 0 amide bonds. The highest BCUT2D eigenvalue weighted by Crippen LogP contribution is 2.20. The van der Waals surface area contributed by atoms with E-state index in [0.717, 1.165) is 17.3 Å². The lowest BCUT2D eigenvalue weighted by atomic mass is 10.1. The Labute approximate surface area is 107 Å². The Balaban J connectivity index is 2.10. The summed E-state index contributed by atoms with van der Waals surface area (Å²) in [5.74, 6) is 0. The molecule has 0 aliphatic rings. The van der Waals surface area contributed by atoms with Gasteiger partial charge in [0.1, 0.15) is 0 Å². The van der Waals surface area contributed by atoms with Crippen molar-refractivity contribution >= 4 is 17.3 Å². The van der Waals surface area contributed by atoms with Crippen LogP contribution in [-0.4, -0.2) is 0 Å². The molecule has 1 nitrogen and oxygen atoms in total. The van der Waals surface area contributed by atoms with Gasteiger partial charge in [-0.15, -0.1) is 0 Å². The van der Waals surface area contributed by atoms with E-state index >= 15 is 0 Å². The molecule has 1 N–H and O–H groups in total. The summed E-state index contributed by atoms with van der Waals surface area (Å²) in [6, 6.07) is 14.3. The lowest BCUT2D eigenvalue weighted by Gasteiger charge is -2.11. The molecule has 0 aliphatic carbocycles. The molecule has 2 rings (SSSR count). The molecule has 0 spiro atoms. The first-order chi connectivity index (χ1) is 8.16. The highest BCUT2D eigenvalue weighted by Gasteiger charge is 2.00. The van der Waals surface area contributed by atoms with Gasteiger partial charge in [-0.25, -0.2) is 0 Å². The Kier molecular flexibility index (Phi) is 3.70. The molecule has 17 heavy (non-hydrogen) atoms. The van der Waals surface area contributed by atoms with Crippen LogP contribution in [0, 0.1) is 13.8 Å². The minimum atomic E-state index is 0.781. The maximum absolute atomic E-state index is 5.93. The van der Waals surface area contributed by atoms with Crippen LogP contribution in [-0.2, 0) is 6.54 Å². The first-order valence-corrected chi connectivity index (χ1v) is 6.09. The lowest BCUT2D eigenvalue weighted by molar-refractivity contribution is 1.11. The molecule has 2 aromatic carbocycles. The van der Waals surface area contributed by atoms with Gasteiger partial charge >= 0.3 is 0 Å². The number of anilines is 1. The molecule has 0 aliphatic heterocycles. The molecule has 0 heterocycles. The Hall–Kier alpha value is -1.47. The molecule has 0 saturated heterocycles. The lowest BCUT2D eigenvalue weighted by Crippen LogP contribution is -2.02. The van der Waals surface area contributed by atoms with E-state index < -0.39 is 0 Å². The molecule has 2 aromatic rings. The second-order valence-electron chi connectivity index (χ2n) is 4.24. The molecule has 0 bridgehead atoms. The number of hydrogen-bond acceptors (Lipinski definition) is 1. The van der Waals surface area contributed by atoms with Gasteiger partial charge in [-0.2, -0.15) is 0 Å². The van der Waals surface area contributed by atoms with Crippen LogP contribution in [0.15, 0.2) is 42.5 Å². The van der Waals surface area contributed by atoms with Gasteiger partial charge in [-0.1, -0.05) is 35.9 Å². The molecular weight excluding hydrogens is 230 g/mol. The molecule has 0 aromatic heterocycles. The van der Waals surface area contributed by atoms with Crippen LogP contribution in [0.3, 0.4) is 0 Å². The summed E-state index contributed by atoms with van der Waals surface area (Å²) in [7, 11) is 0. The number of nitrogens with one attached hydrogen (secondary N) is 1. The van der Waals surface area contributed by atoms with Crippen LogP contribution in [0.4, 0.5) is 5.69 Å². The van der Waals surface area contributed by atoms with Gasteiger partial charge in [0.15, 0.2) is 0 Å². The molecule has 0 fully saturated rings. The molecular formula is C15H16ClN. The van der Waals surface area contributed by atoms with Crippen molar-refractivity contribution < 1.29 is 0 Å². The maximum Gasteiger partial charge on any atom is 0.0410 e. The fourth-order valence-electron chi connectivity index (χ4n) is 1.82. The average molecular weight is 246 g/mol. The number of benzene rings is 2. The van der Waals surface area contributed by atoms with Gasteiger partial charge in [0.2, 0.25) is 0 Å². The largest absolute Gasteiger partial charge is 0.381 e. The highest BCUT2D eigenvalue weighted by atomic mass is 35.5. The van der Waals surface area contributed by atoms with Crippen molar-refractivity contribution in [3.8, 4) is 0 Å². The van der Waals surface area contributed by atoms with Crippen molar-refractivity contribution in [2.75, 3.05) is 5.32 Å². The summed E-state index contributed by atoms with van der Waals surface area (Å²) in [5, 5.41) is 4.22. The molecule has 0 unspecified atom stereocenters. The Morgan fingerprint density at radius 2 is 1.76 bits per heavy atom. The van der Waals surface area contributed by atoms with Crippen molar-refractivity contribution in [2.24, 2.45) is 0 Å². The van der Waals surface area contributed by atoms with Gasteiger partial charge < -0.3 is 5.32 Å². The Morgan fingerprint density at radius 3 is 2.47 bits per heavy atom. The van der Waals surface area contributed by atoms with Crippen molar-refractivity contribution in [3.63, 3.8) is 0 Å². The van der Waals surface area contributed by atoms with E-state index in [1.165, 1.54) is 16.7 Å². The summed E-state index contributed by atoms with van der Waals surface area (Å²) < 4.78 is 0. The molecule has 0 radical (unpaired) electrons. The smallest absolute Gasteiger partial charge is 0.0410 e. The second kappa shape index (κ2) is 5.24. The summed E-state index contributed by atoms with van der Waals surface area (Å²) in [5.41, 5.74) is 4.94. The first-order valence-electron chi connectivity index (χ1n) is 5.71. The van der Waals surface area contributed by atoms with E-state index in [2.05, 4.69) is 43.4 Å². The van der Waals surface area contributed by atoms with Crippen molar-refractivity contribution in [1.82, 2.24) is 0 Å². The van der Waals surface area contributed by atoms with E-state index in [1.807, 2.05) is 18.2 Å². The molecule has 2 heteroatoms. The number of rotatable bonds is 3. The predicted molar refractivity (Wildman–Crippen MR) is 74.7 cm³/mol. The topological polar surface area (TPSA) is 12.0 Å². The standard InChI is InChI=1S/C15H16ClN/c1-11-5-3-4-6-13(11)10-17-15-8-7-14(16)9-12(15)2/h3-9,17H,10H2,1-2H3. The van der Waals surface area contributed by atoms with Gasteiger partial charge in [0.25, 0.3) is 0 Å². The average Bonchev–Trinajstić information content (AvgIpc) is 2.30. The summed E-state index contributed by atoms with van der Waals surface area (Å²) >= 11 is 5.93. The van der Waals surface area contributed by atoms with Crippen molar-refractivity contribution in [3.05, 3.63) is 64.2 Å². The fraction of sp³-hybridized carbons (Fsp3) is 0.200. The van der Waals surface area contributed by atoms with Gasteiger partial charge in [-0.3, -0.25) is 0 Å². The summed E-state index contributed by atoms with van der Waals surface area (Å²) in [6.07, 6.45) is 0. The zero-order valence-corrected chi connectivity index (χ0v) is 10.9. The highest BCUT2D eigenvalue weighted by molar-refractivity contribution is 6.30. The number of halogens is 1. The van der Waals surface area contributed by atoms with Crippen LogP contribution in [0.5, 0.6) is 0 Å². The minimum absolute atomic E-state index is 0.781. The van der Waals surface area contributed by atoms with Gasteiger partial charge in [0, 0.05) is 17.3 Å². The van der Waals surface area contributed by atoms with E-state index in [-0.39, 0.29) is 0 Å². The molecule has 0 atom stereocenters. The third-order valence-electron chi connectivity index (χ3n) is 2.92. The SMILES string of the molecule is Cc1ccccc1CNc1ccc(Cl)cc1C. The Morgan fingerprint density at radius 1 is 1.00 bits per heavy atom. The van der Waals surface area contributed by atoms with E-state index in [0.29, 0.717) is 0 Å². The summed E-state index contributed by atoms with van der Waals surface area (Å²) in [4.78, 5) is 0. The molecule has 0 saturated carbocycles. The normalized spacial score (nSPS) is 10.3. The van der Waals surface area contributed by atoms with Crippen LogP contribution in [0.1, 0.15) is 16.7 Å². The Bertz CT molecular complexity index is 520. The quantitative estimate of drug-likeness (QED) is 0.835. The third-order valence-corrected chi connectivity index (χ3v) is 3.15. The van der Waals surface area contributed by atoms with Crippen LogP contribution < -0.4 is 5.32 Å². The van der Waals surface area contributed by atoms with Gasteiger partial charge in [-0.05, 0) is 48.7 Å². The predicted octanol–water partition coefficient (Wildman–Crippen LogP) is 4.57. The third kappa shape index (κ3) is 3.01. The monoisotopic (exact) mass is 245 g/mol. The van der Waals surface area contributed by atoms with E-state index in [9.17, 15) is 0 Å². The van der Waals surface area contributed by atoms with Crippen LogP contribution in [0.2, 0.25) is 5.02 Å². The minimum Gasteiger partial charge on any atom is -0.381 e. The maximum atomic E-state index is 5.93. The van der Waals surface area contributed by atoms with Crippen molar-refractivity contribution in [2.45, 2.75) is 20.4 Å². The summed E-state index contributed by atoms with van der Waals surface area (Å²) in [6.45, 7) is 5.03. The van der Waals surface area contributed by atoms with E-state index in [1.54, 1.807) is 0 Å². The van der Waals surface area contributed by atoms with Crippen LogP contribution >= 0.6 is 11.6 Å². The molecule has 88 valence electrons. The van der Waals surface area contributed by atoms with Gasteiger partial charge in [0.05, 0.1) is 0 Å². The second-order valence-corrected chi connectivity index (χ2v) is 4.68. The first kappa shape index (κ1) is 12.0. The van der Waals surface area contributed by atoms with Crippen LogP contribution in [0.25, 0.3) is 0 Å². The fourth-order valence-corrected chi connectivity index (χ4v) is 2.05. The van der Waals surface area contributed by atoms with E-state index in [4.69, 9.17) is 11.6 Å². The van der Waals surface area contributed by atoms with Crippen molar-refractivity contribution in [1.29, 1.82) is 0 Å². The zero-order valence-electron chi connectivity index (χ0n) is 10.1.